The standard InChI is InChI=1S/C17H14F3N3O/c1-2-3-13-16(23-9-11(19)5-7-15(23)21-13)17(24)22-14-8-10(18)4-6-12(14)20/h4-9H,2-3H2,1H3,(H,22,24). The zero-order valence-electron chi connectivity index (χ0n) is 12.8. The van der Waals surface area contributed by atoms with E-state index in [1.54, 1.807) is 0 Å². The molecule has 0 aliphatic rings. The molecule has 2 heterocycles. The van der Waals surface area contributed by atoms with Crippen molar-refractivity contribution in [3.63, 3.8) is 0 Å². The van der Waals surface area contributed by atoms with Crippen LogP contribution in [0.5, 0.6) is 0 Å². The number of hydrogen-bond donors (Lipinski definition) is 1. The van der Waals surface area contributed by atoms with Crippen LogP contribution >= 0.6 is 0 Å². The van der Waals surface area contributed by atoms with Crippen molar-refractivity contribution in [2.45, 2.75) is 19.8 Å². The van der Waals surface area contributed by atoms with Crippen molar-refractivity contribution in [3.8, 4) is 0 Å². The van der Waals surface area contributed by atoms with E-state index in [4.69, 9.17) is 0 Å². The predicted octanol–water partition coefficient (Wildman–Crippen LogP) is 3.96. The molecule has 0 spiro atoms. The van der Waals surface area contributed by atoms with Crippen LogP contribution in [0.2, 0.25) is 0 Å². The van der Waals surface area contributed by atoms with E-state index in [9.17, 15) is 18.0 Å². The molecule has 2 aromatic heterocycles. The fourth-order valence-electron chi connectivity index (χ4n) is 2.49. The summed E-state index contributed by atoms with van der Waals surface area (Å²) in [5, 5.41) is 2.33. The Morgan fingerprint density at radius 3 is 2.67 bits per heavy atom. The molecule has 0 aliphatic carbocycles. The van der Waals surface area contributed by atoms with Crippen LogP contribution < -0.4 is 5.32 Å². The molecule has 7 heteroatoms. The third kappa shape index (κ3) is 2.97. The number of carbonyl (C=O) groups is 1. The number of pyridine rings is 1. The number of halogens is 3. The van der Waals surface area contributed by atoms with Gasteiger partial charge < -0.3 is 5.32 Å². The molecular formula is C17H14F3N3O. The molecule has 0 atom stereocenters. The van der Waals surface area contributed by atoms with E-state index in [-0.39, 0.29) is 11.4 Å². The number of benzene rings is 1. The van der Waals surface area contributed by atoms with E-state index in [1.807, 2.05) is 6.92 Å². The third-order valence-electron chi connectivity index (χ3n) is 3.53. The first-order valence-corrected chi connectivity index (χ1v) is 7.42. The van der Waals surface area contributed by atoms with Gasteiger partial charge in [-0.2, -0.15) is 0 Å². The normalized spacial score (nSPS) is 11.0. The molecule has 0 saturated heterocycles. The molecule has 0 bridgehead atoms. The second kappa shape index (κ2) is 6.35. The van der Waals surface area contributed by atoms with Gasteiger partial charge in [0.25, 0.3) is 5.91 Å². The van der Waals surface area contributed by atoms with Crippen molar-refractivity contribution in [1.29, 1.82) is 0 Å². The lowest BCUT2D eigenvalue weighted by Gasteiger charge is -2.08. The SMILES string of the molecule is CCCc1nc2ccc(F)cn2c1C(=O)Nc1cc(F)ccc1F. The van der Waals surface area contributed by atoms with Gasteiger partial charge in [-0.05, 0) is 30.7 Å². The minimum atomic E-state index is -0.762. The fraction of sp³-hybridized carbons (Fsp3) is 0.176. The number of carbonyl (C=O) groups excluding carboxylic acids is 1. The molecule has 0 fully saturated rings. The van der Waals surface area contributed by atoms with E-state index in [1.165, 1.54) is 16.5 Å². The van der Waals surface area contributed by atoms with Crippen molar-refractivity contribution in [2.75, 3.05) is 5.32 Å². The third-order valence-corrected chi connectivity index (χ3v) is 3.53. The van der Waals surface area contributed by atoms with Gasteiger partial charge in [0.05, 0.1) is 11.4 Å². The van der Waals surface area contributed by atoms with Gasteiger partial charge in [-0.1, -0.05) is 13.3 Å². The average molecular weight is 333 g/mol. The Balaban J connectivity index is 2.06. The van der Waals surface area contributed by atoms with Crippen LogP contribution in [0.15, 0.2) is 36.5 Å². The summed E-state index contributed by atoms with van der Waals surface area (Å²) in [5.74, 6) is -2.65. The lowest BCUT2D eigenvalue weighted by Crippen LogP contribution is -2.17. The smallest absolute Gasteiger partial charge is 0.274 e. The number of nitrogens with zero attached hydrogens (tertiary/aromatic N) is 2. The maximum absolute atomic E-state index is 13.7. The highest BCUT2D eigenvalue weighted by atomic mass is 19.1. The summed E-state index contributed by atoms with van der Waals surface area (Å²) >= 11 is 0. The minimum Gasteiger partial charge on any atom is -0.318 e. The summed E-state index contributed by atoms with van der Waals surface area (Å²) in [6.45, 7) is 1.92. The monoisotopic (exact) mass is 333 g/mol. The molecule has 0 saturated carbocycles. The highest BCUT2D eigenvalue weighted by Gasteiger charge is 2.20. The Hall–Kier alpha value is -2.83. The molecule has 124 valence electrons. The number of fused-ring (bicyclic) bond motifs is 1. The fourth-order valence-corrected chi connectivity index (χ4v) is 2.49. The van der Waals surface area contributed by atoms with Crippen molar-refractivity contribution in [2.24, 2.45) is 0 Å². The van der Waals surface area contributed by atoms with Crippen LogP contribution in [0.4, 0.5) is 18.9 Å². The van der Waals surface area contributed by atoms with Gasteiger partial charge in [-0.15, -0.1) is 0 Å². The summed E-state index contributed by atoms with van der Waals surface area (Å²) in [5.41, 5.74) is 0.700. The number of anilines is 1. The first-order valence-electron chi connectivity index (χ1n) is 7.42. The Kier molecular flexibility index (Phi) is 4.24. The second-order valence-electron chi connectivity index (χ2n) is 5.31. The van der Waals surface area contributed by atoms with Crippen molar-refractivity contribution in [3.05, 3.63) is 65.4 Å². The lowest BCUT2D eigenvalue weighted by molar-refractivity contribution is 0.102. The molecule has 3 rings (SSSR count). The van der Waals surface area contributed by atoms with Crippen molar-refractivity contribution in [1.82, 2.24) is 9.38 Å². The molecule has 0 unspecified atom stereocenters. The van der Waals surface area contributed by atoms with Gasteiger partial charge in [0.1, 0.15) is 28.8 Å². The number of aromatic nitrogens is 2. The molecular weight excluding hydrogens is 319 g/mol. The van der Waals surface area contributed by atoms with E-state index in [0.717, 1.165) is 30.8 Å². The minimum absolute atomic E-state index is 0.106. The molecule has 24 heavy (non-hydrogen) atoms. The van der Waals surface area contributed by atoms with E-state index >= 15 is 0 Å². The van der Waals surface area contributed by atoms with Crippen molar-refractivity contribution < 1.29 is 18.0 Å². The zero-order chi connectivity index (χ0) is 17.3. The first kappa shape index (κ1) is 16.0. The number of hydrogen-bond acceptors (Lipinski definition) is 2. The largest absolute Gasteiger partial charge is 0.318 e. The highest BCUT2D eigenvalue weighted by Crippen LogP contribution is 2.20. The van der Waals surface area contributed by atoms with E-state index in [2.05, 4.69) is 10.3 Å². The Bertz CT molecular complexity index is 921. The van der Waals surface area contributed by atoms with Crippen LogP contribution in [-0.4, -0.2) is 15.3 Å². The molecule has 0 aliphatic heterocycles. The van der Waals surface area contributed by atoms with Crippen LogP contribution in [0, 0.1) is 17.5 Å². The van der Waals surface area contributed by atoms with E-state index in [0.29, 0.717) is 17.8 Å². The molecule has 1 amide bonds. The summed E-state index contributed by atoms with van der Waals surface area (Å²) < 4.78 is 41.8. The van der Waals surface area contributed by atoms with Crippen LogP contribution in [-0.2, 0) is 6.42 Å². The zero-order valence-corrected chi connectivity index (χ0v) is 12.8. The average Bonchev–Trinajstić information content (AvgIpc) is 2.88. The number of rotatable bonds is 4. The summed E-state index contributed by atoms with van der Waals surface area (Å²) in [6, 6.07) is 5.46. The van der Waals surface area contributed by atoms with Crippen LogP contribution in [0.25, 0.3) is 5.65 Å². The quantitative estimate of drug-likeness (QED) is 0.786. The molecule has 0 radical (unpaired) electrons. The van der Waals surface area contributed by atoms with Gasteiger partial charge in [-0.3, -0.25) is 9.20 Å². The summed E-state index contributed by atoms with van der Waals surface area (Å²) in [7, 11) is 0. The van der Waals surface area contributed by atoms with Crippen LogP contribution in [0.3, 0.4) is 0 Å². The van der Waals surface area contributed by atoms with Gasteiger partial charge in [0.15, 0.2) is 0 Å². The van der Waals surface area contributed by atoms with Crippen LogP contribution in [0.1, 0.15) is 29.5 Å². The Morgan fingerprint density at radius 2 is 1.92 bits per heavy atom. The molecule has 1 aromatic carbocycles. The first-order chi connectivity index (χ1) is 11.5. The Labute approximate surface area is 135 Å². The number of aryl methyl sites for hydroxylation is 1. The number of amides is 1. The Morgan fingerprint density at radius 1 is 1.17 bits per heavy atom. The van der Waals surface area contributed by atoms with Gasteiger partial charge in [0.2, 0.25) is 0 Å². The van der Waals surface area contributed by atoms with Gasteiger partial charge in [0, 0.05) is 12.3 Å². The topological polar surface area (TPSA) is 46.4 Å². The highest BCUT2D eigenvalue weighted by molar-refractivity contribution is 6.04. The summed E-state index contributed by atoms with van der Waals surface area (Å²) in [4.78, 5) is 16.9. The molecule has 3 aromatic rings. The predicted molar refractivity (Wildman–Crippen MR) is 83.5 cm³/mol. The molecule has 1 N–H and O–H groups in total. The van der Waals surface area contributed by atoms with Gasteiger partial charge >= 0.3 is 0 Å². The second-order valence-corrected chi connectivity index (χ2v) is 5.31. The van der Waals surface area contributed by atoms with Gasteiger partial charge in [-0.25, -0.2) is 18.2 Å². The van der Waals surface area contributed by atoms with Crippen molar-refractivity contribution >= 4 is 17.2 Å². The van der Waals surface area contributed by atoms with E-state index < -0.39 is 23.4 Å². The maximum Gasteiger partial charge on any atom is 0.274 e. The maximum atomic E-state index is 13.7. The number of nitrogens with one attached hydrogen (secondary N) is 1. The summed E-state index contributed by atoms with van der Waals surface area (Å²) in [6.07, 6.45) is 2.36. The molecule has 4 nitrogen and oxygen atoms in total. The lowest BCUT2D eigenvalue weighted by atomic mass is 10.2. The number of imidazole rings is 1.